The van der Waals surface area contributed by atoms with E-state index in [1.165, 1.54) is 0 Å². The Hall–Kier alpha value is -3.27. The Morgan fingerprint density at radius 1 is 0.889 bits per heavy atom. The second kappa shape index (κ2) is 10.8. The van der Waals surface area contributed by atoms with Crippen LogP contribution in [0, 0.1) is 11.5 Å². The zero-order valence-corrected chi connectivity index (χ0v) is 23.3. The van der Waals surface area contributed by atoms with Gasteiger partial charge in [-0.05, 0) is 46.3 Å². The molecule has 0 unspecified atom stereocenters. The molecule has 0 spiro atoms. The van der Waals surface area contributed by atoms with Gasteiger partial charge in [-0.2, -0.15) is 0 Å². The Balaban J connectivity index is 1.98. The Bertz CT molecular complexity index is 1420. The number of nitrogens with zero attached hydrogens (tertiary/aromatic N) is 3. The third kappa shape index (κ3) is 4.86. The van der Waals surface area contributed by atoms with Gasteiger partial charge in [0.25, 0.3) is 0 Å². The van der Waals surface area contributed by atoms with E-state index in [4.69, 9.17) is 14.5 Å². The molecule has 6 heteroatoms. The molecule has 0 radical (unpaired) electrons. The van der Waals surface area contributed by atoms with E-state index in [1.807, 2.05) is 24.4 Å². The Kier molecular flexibility index (Phi) is 7.72. The predicted molar refractivity (Wildman–Crippen MR) is 151 cm³/mol. The molecule has 0 saturated carbocycles. The highest BCUT2D eigenvalue weighted by Gasteiger charge is 2.41. The van der Waals surface area contributed by atoms with Crippen LogP contribution in [0.25, 0.3) is 32.9 Å². The standard InChI is InChI=1S/C30H35N3O2Si/c1-20(2)36(21(3)4,22(5)6)12-11-23-9-8-10-24-13-26(35-19-34-7)14-27(30(23)24)29-15-28-25(17-32-29)16-31-18-33-28/h8-10,13-18,20-22H,19H2,1-7H3. The molecule has 0 atom stereocenters. The van der Waals surface area contributed by atoms with Crippen molar-refractivity contribution in [2.75, 3.05) is 13.9 Å². The number of methoxy groups -OCH3 is 1. The summed E-state index contributed by atoms with van der Waals surface area (Å²) in [4.78, 5) is 13.3. The van der Waals surface area contributed by atoms with E-state index >= 15 is 0 Å². The molecule has 4 rings (SSSR count). The lowest BCUT2D eigenvalue weighted by Crippen LogP contribution is -2.43. The van der Waals surface area contributed by atoms with E-state index in [0.717, 1.165) is 44.2 Å². The van der Waals surface area contributed by atoms with Gasteiger partial charge in [0, 0.05) is 41.4 Å². The maximum absolute atomic E-state index is 5.86. The van der Waals surface area contributed by atoms with Gasteiger partial charge < -0.3 is 9.47 Å². The summed E-state index contributed by atoms with van der Waals surface area (Å²) >= 11 is 0. The molecule has 0 aliphatic carbocycles. The summed E-state index contributed by atoms with van der Waals surface area (Å²) in [6, 6.07) is 12.4. The number of rotatable bonds is 7. The molecular weight excluding hydrogens is 462 g/mol. The van der Waals surface area contributed by atoms with Gasteiger partial charge in [0.15, 0.2) is 6.79 Å². The van der Waals surface area contributed by atoms with Crippen molar-refractivity contribution >= 4 is 29.7 Å². The minimum absolute atomic E-state index is 0.175. The van der Waals surface area contributed by atoms with Gasteiger partial charge in [0.05, 0.1) is 11.2 Å². The minimum Gasteiger partial charge on any atom is -0.468 e. The minimum atomic E-state index is -1.89. The van der Waals surface area contributed by atoms with Crippen molar-refractivity contribution in [1.82, 2.24) is 15.0 Å². The molecule has 4 aromatic rings. The monoisotopic (exact) mass is 497 g/mol. The van der Waals surface area contributed by atoms with Gasteiger partial charge in [0.2, 0.25) is 0 Å². The van der Waals surface area contributed by atoms with E-state index in [1.54, 1.807) is 19.6 Å². The zero-order valence-electron chi connectivity index (χ0n) is 22.3. The number of fused-ring (bicyclic) bond motifs is 2. The van der Waals surface area contributed by atoms with Crippen LogP contribution in [-0.4, -0.2) is 36.9 Å². The zero-order chi connectivity index (χ0) is 25.9. The van der Waals surface area contributed by atoms with E-state index in [0.29, 0.717) is 16.6 Å². The number of pyridine rings is 1. The molecule has 2 heterocycles. The van der Waals surface area contributed by atoms with Crippen LogP contribution in [0.5, 0.6) is 5.75 Å². The summed E-state index contributed by atoms with van der Waals surface area (Å²) < 4.78 is 11.0. The third-order valence-corrected chi connectivity index (χ3v) is 13.5. The average molecular weight is 498 g/mol. The fourth-order valence-corrected chi connectivity index (χ4v) is 10.8. The van der Waals surface area contributed by atoms with Crippen molar-refractivity contribution in [3.8, 4) is 28.5 Å². The topological polar surface area (TPSA) is 57.1 Å². The quantitative estimate of drug-likeness (QED) is 0.151. The van der Waals surface area contributed by atoms with Crippen molar-refractivity contribution in [2.24, 2.45) is 0 Å². The first-order valence-electron chi connectivity index (χ1n) is 12.6. The maximum atomic E-state index is 5.86. The predicted octanol–water partition coefficient (Wildman–Crippen LogP) is 7.40. The smallest absolute Gasteiger partial charge is 0.188 e. The van der Waals surface area contributed by atoms with E-state index < -0.39 is 8.07 Å². The Labute approximate surface area is 215 Å². The number of ether oxygens (including phenoxy) is 2. The van der Waals surface area contributed by atoms with Crippen LogP contribution in [-0.2, 0) is 4.74 Å². The molecule has 186 valence electrons. The highest BCUT2D eigenvalue weighted by atomic mass is 28.3. The molecule has 0 amide bonds. The number of hydrogen-bond donors (Lipinski definition) is 0. The summed E-state index contributed by atoms with van der Waals surface area (Å²) in [5.41, 5.74) is 9.25. The second-order valence-electron chi connectivity index (χ2n) is 10.2. The summed E-state index contributed by atoms with van der Waals surface area (Å²) in [5, 5.41) is 3.04. The first kappa shape index (κ1) is 25.8. The van der Waals surface area contributed by atoms with E-state index in [9.17, 15) is 0 Å². The van der Waals surface area contributed by atoms with Crippen LogP contribution in [0.2, 0.25) is 16.6 Å². The first-order valence-corrected chi connectivity index (χ1v) is 14.8. The number of hydrogen-bond acceptors (Lipinski definition) is 5. The van der Waals surface area contributed by atoms with Gasteiger partial charge in [-0.1, -0.05) is 59.6 Å². The molecule has 0 saturated heterocycles. The molecule has 0 N–H and O–H groups in total. The maximum Gasteiger partial charge on any atom is 0.188 e. The van der Waals surface area contributed by atoms with Crippen molar-refractivity contribution < 1.29 is 9.47 Å². The van der Waals surface area contributed by atoms with Gasteiger partial charge in [-0.3, -0.25) is 4.98 Å². The average Bonchev–Trinajstić information content (AvgIpc) is 2.86. The Morgan fingerprint density at radius 2 is 1.64 bits per heavy atom. The lowest BCUT2D eigenvalue weighted by atomic mass is 9.96. The number of aromatic nitrogens is 3. The first-order chi connectivity index (χ1) is 17.3. The largest absolute Gasteiger partial charge is 0.468 e. The molecule has 5 nitrogen and oxygen atoms in total. The van der Waals surface area contributed by atoms with Crippen molar-refractivity contribution in [1.29, 1.82) is 0 Å². The lowest BCUT2D eigenvalue weighted by Gasteiger charge is -2.38. The van der Waals surface area contributed by atoms with Crippen LogP contribution in [0.1, 0.15) is 47.1 Å². The highest BCUT2D eigenvalue weighted by molar-refractivity contribution is 6.90. The van der Waals surface area contributed by atoms with Crippen molar-refractivity contribution in [3.05, 3.63) is 60.7 Å². The molecule has 0 aliphatic rings. The van der Waals surface area contributed by atoms with Crippen LogP contribution in [0.15, 0.2) is 55.1 Å². The summed E-state index contributed by atoms with van der Waals surface area (Å²) in [7, 11) is -0.274. The fourth-order valence-electron chi connectivity index (χ4n) is 5.55. The van der Waals surface area contributed by atoms with Gasteiger partial charge in [-0.25, -0.2) is 9.97 Å². The van der Waals surface area contributed by atoms with Crippen molar-refractivity contribution in [3.63, 3.8) is 0 Å². The van der Waals surface area contributed by atoms with E-state index in [2.05, 4.69) is 81.2 Å². The summed E-state index contributed by atoms with van der Waals surface area (Å²) in [6.45, 7) is 14.2. The van der Waals surface area contributed by atoms with Crippen LogP contribution in [0.3, 0.4) is 0 Å². The molecule has 0 aliphatic heterocycles. The summed E-state index contributed by atoms with van der Waals surface area (Å²) in [5.74, 6) is 4.40. The molecule has 2 aromatic heterocycles. The molecule has 2 aromatic carbocycles. The van der Waals surface area contributed by atoms with Gasteiger partial charge >= 0.3 is 0 Å². The van der Waals surface area contributed by atoms with Crippen LogP contribution in [0.4, 0.5) is 0 Å². The van der Waals surface area contributed by atoms with Gasteiger partial charge in [0.1, 0.15) is 20.2 Å². The lowest BCUT2D eigenvalue weighted by molar-refractivity contribution is 0.0512. The number of benzene rings is 2. The van der Waals surface area contributed by atoms with E-state index in [-0.39, 0.29) is 6.79 Å². The summed E-state index contributed by atoms with van der Waals surface area (Å²) in [6.07, 6.45) is 5.16. The molecule has 0 bridgehead atoms. The molecule has 36 heavy (non-hydrogen) atoms. The molecule has 0 fully saturated rings. The highest BCUT2D eigenvalue weighted by Crippen LogP contribution is 2.41. The third-order valence-electron chi connectivity index (χ3n) is 7.24. The molecular formula is C30H35N3O2Si. The fraction of sp³-hybridized carbons (Fsp3) is 0.367. The Morgan fingerprint density at radius 3 is 2.33 bits per heavy atom. The second-order valence-corrected chi connectivity index (χ2v) is 15.8. The van der Waals surface area contributed by atoms with Crippen molar-refractivity contribution in [2.45, 2.75) is 58.2 Å². The SMILES string of the molecule is COCOc1cc(-c2cc3ncncc3cn2)c2c(C#C[Si](C(C)C)(C(C)C)C(C)C)cccc2c1. The van der Waals surface area contributed by atoms with Crippen LogP contribution < -0.4 is 4.74 Å². The normalized spacial score (nSPS) is 11.9. The van der Waals surface area contributed by atoms with Gasteiger partial charge in [-0.15, -0.1) is 5.54 Å². The van der Waals surface area contributed by atoms with Crippen LogP contribution >= 0.6 is 0 Å².